The van der Waals surface area contributed by atoms with Crippen LogP contribution in [0, 0.1) is 0 Å². The summed E-state index contributed by atoms with van der Waals surface area (Å²) in [6, 6.07) is 4.34. The number of anilines is 1. The van der Waals surface area contributed by atoms with Gasteiger partial charge in [-0.3, -0.25) is 4.90 Å². The van der Waals surface area contributed by atoms with Gasteiger partial charge in [0.15, 0.2) is 0 Å². The predicted molar refractivity (Wildman–Crippen MR) is 82.2 cm³/mol. The minimum absolute atomic E-state index is 0.0700. The molecule has 0 saturated carbocycles. The van der Waals surface area contributed by atoms with Gasteiger partial charge in [-0.25, -0.2) is 4.98 Å². The molecule has 0 bridgehead atoms. The second-order valence-electron chi connectivity index (χ2n) is 5.42. The van der Waals surface area contributed by atoms with E-state index in [1.54, 1.807) is 6.20 Å². The maximum absolute atomic E-state index is 5.96. The Bertz CT molecular complexity index is 385. The van der Waals surface area contributed by atoms with Crippen molar-refractivity contribution < 1.29 is 0 Å². The number of nitrogen functional groups attached to an aromatic ring is 1. The molecule has 108 valence electrons. The van der Waals surface area contributed by atoms with Crippen LogP contribution in [0.2, 0.25) is 0 Å². The average molecular weight is 264 g/mol. The van der Waals surface area contributed by atoms with Crippen molar-refractivity contribution in [2.45, 2.75) is 45.7 Å². The van der Waals surface area contributed by atoms with Gasteiger partial charge >= 0.3 is 0 Å². The first-order chi connectivity index (χ1) is 8.97. The highest BCUT2D eigenvalue weighted by atomic mass is 15.2. The molecule has 1 aromatic rings. The van der Waals surface area contributed by atoms with Gasteiger partial charge in [0.05, 0.1) is 0 Å². The summed E-state index contributed by atoms with van der Waals surface area (Å²) in [5.74, 6) is 0.637. The van der Waals surface area contributed by atoms with Crippen LogP contribution in [0.5, 0.6) is 0 Å². The zero-order valence-electron chi connectivity index (χ0n) is 12.9. The third kappa shape index (κ3) is 3.67. The number of pyridine rings is 1. The lowest BCUT2D eigenvalue weighted by Crippen LogP contribution is -2.57. The molecule has 1 unspecified atom stereocenters. The van der Waals surface area contributed by atoms with Crippen molar-refractivity contribution in [1.82, 2.24) is 15.2 Å². The average Bonchev–Trinajstić information content (AvgIpc) is 2.38. The SMILES string of the molecule is CCN(CC)C(C)(C)C(Cc1cccnc1N)NC. The van der Waals surface area contributed by atoms with Crippen molar-refractivity contribution >= 4 is 5.82 Å². The van der Waals surface area contributed by atoms with E-state index in [9.17, 15) is 0 Å². The lowest BCUT2D eigenvalue weighted by molar-refractivity contribution is 0.0944. The highest BCUT2D eigenvalue weighted by Gasteiger charge is 2.33. The van der Waals surface area contributed by atoms with E-state index in [2.05, 4.69) is 49.0 Å². The lowest BCUT2D eigenvalue weighted by atomic mass is 9.87. The van der Waals surface area contributed by atoms with Crippen molar-refractivity contribution in [3.8, 4) is 0 Å². The lowest BCUT2D eigenvalue weighted by Gasteiger charge is -2.43. The Balaban J connectivity index is 2.92. The van der Waals surface area contributed by atoms with Crippen LogP contribution in [0.4, 0.5) is 5.82 Å². The van der Waals surface area contributed by atoms with Crippen molar-refractivity contribution in [3.05, 3.63) is 23.9 Å². The molecule has 0 aromatic carbocycles. The monoisotopic (exact) mass is 264 g/mol. The van der Waals surface area contributed by atoms with Gasteiger partial charge < -0.3 is 11.1 Å². The summed E-state index contributed by atoms with van der Waals surface area (Å²) in [4.78, 5) is 6.64. The van der Waals surface area contributed by atoms with Crippen molar-refractivity contribution in [2.24, 2.45) is 0 Å². The number of hydrogen-bond donors (Lipinski definition) is 2. The van der Waals surface area contributed by atoms with E-state index in [-0.39, 0.29) is 5.54 Å². The van der Waals surface area contributed by atoms with Crippen LogP contribution >= 0.6 is 0 Å². The van der Waals surface area contributed by atoms with Crippen molar-refractivity contribution in [3.63, 3.8) is 0 Å². The Morgan fingerprint density at radius 2 is 2.00 bits per heavy atom. The number of nitrogens with zero attached hydrogens (tertiary/aromatic N) is 2. The second-order valence-corrected chi connectivity index (χ2v) is 5.42. The molecule has 1 atom stereocenters. The molecule has 3 N–H and O–H groups in total. The minimum Gasteiger partial charge on any atom is -0.383 e. The summed E-state index contributed by atoms with van der Waals surface area (Å²) in [6.45, 7) is 11.1. The van der Waals surface area contributed by atoms with Gasteiger partial charge in [-0.1, -0.05) is 19.9 Å². The Labute approximate surface area is 117 Å². The number of rotatable bonds is 7. The summed E-state index contributed by atoms with van der Waals surface area (Å²) >= 11 is 0. The predicted octanol–water partition coefficient (Wildman–Crippen LogP) is 1.91. The molecule has 0 radical (unpaired) electrons. The minimum atomic E-state index is 0.0700. The van der Waals surface area contributed by atoms with Crippen molar-refractivity contribution in [1.29, 1.82) is 0 Å². The zero-order valence-corrected chi connectivity index (χ0v) is 12.9. The fraction of sp³-hybridized carbons (Fsp3) is 0.667. The fourth-order valence-corrected chi connectivity index (χ4v) is 2.81. The van der Waals surface area contributed by atoms with E-state index in [4.69, 9.17) is 5.73 Å². The van der Waals surface area contributed by atoms with Crippen LogP contribution in [0.1, 0.15) is 33.3 Å². The van der Waals surface area contributed by atoms with Crippen LogP contribution < -0.4 is 11.1 Å². The van der Waals surface area contributed by atoms with E-state index in [0.29, 0.717) is 11.9 Å². The van der Waals surface area contributed by atoms with E-state index in [1.165, 1.54) is 0 Å². The number of nitrogens with one attached hydrogen (secondary N) is 1. The van der Waals surface area contributed by atoms with Gasteiger partial charge in [0.2, 0.25) is 0 Å². The smallest absolute Gasteiger partial charge is 0.126 e. The van der Waals surface area contributed by atoms with Gasteiger partial charge in [-0.15, -0.1) is 0 Å². The number of aromatic nitrogens is 1. The second kappa shape index (κ2) is 6.87. The zero-order chi connectivity index (χ0) is 14.5. The Kier molecular flexibility index (Phi) is 5.76. The maximum Gasteiger partial charge on any atom is 0.126 e. The molecule has 0 aliphatic rings. The highest BCUT2D eigenvalue weighted by Crippen LogP contribution is 2.23. The largest absolute Gasteiger partial charge is 0.383 e. The summed E-state index contributed by atoms with van der Waals surface area (Å²) in [7, 11) is 2.02. The van der Waals surface area contributed by atoms with E-state index >= 15 is 0 Å². The van der Waals surface area contributed by atoms with E-state index < -0.39 is 0 Å². The molecule has 1 aromatic heterocycles. The molecule has 0 spiro atoms. The standard InChI is InChI=1S/C15H28N4/c1-6-19(7-2)15(3,4)13(17-5)11-12-9-8-10-18-14(12)16/h8-10,13,17H,6-7,11H2,1-5H3,(H2,16,18). The highest BCUT2D eigenvalue weighted by molar-refractivity contribution is 5.39. The summed E-state index contributed by atoms with van der Waals surface area (Å²) in [6.07, 6.45) is 2.63. The number of nitrogens with two attached hydrogens (primary N) is 1. The Morgan fingerprint density at radius 1 is 1.37 bits per heavy atom. The molecule has 0 amide bonds. The summed E-state index contributed by atoms with van der Waals surface area (Å²) < 4.78 is 0. The maximum atomic E-state index is 5.96. The van der Waals surface area contributed by atoms with Gasteiger partial charge in [-0.2, -0.15) is 0 Å². The molecule has 0 saturated heterocycles. The number of hydrogen-bond acceptors (Lipinski definition) is 4. The first-order valence-corrected chi connectivity index (χ1v) is 7.09. The topological polar surface area (TPSA) is 54.2 Å². The van der Waals surface area contributed by atoms with Crippen LogP contribution in [0.15, 0.2) is 18.3 Å². The van der Waals surface area contributed by atoms with Gasteiger partial charge in [0, 0.05) is 17.8 Å². The molecular formula is C15H28N4. The molecule has 0 fully saturated rings. The van der Waals surface area contributed by atoms with Gasteiger partial charge in [0.1, 0.15) is 5.82 Å². The Morgan fingerprint density at radius 3 is 2.47 bits per heavy atom. The molecule has 19 heavy (non-hydrogen) atoms. The third-order valence-electron chi connectivity index (χ3n) is 4.13. The molecular weight excluding hydrogens is 236 g/mol. The van der Waals surface area contributed by atoms with Crippen molar-refractivity contribution in [2.75, 3.05) is 25.9 Å². The molecule has 1 rings (SSSR count). The van der Waals surface area contributed by atoms with Gasteiger partial charge in [0.25, 0.3) is 0 Å². The van der Waals surface area contributed by atoms with Crippen LogP contribution in [-0.2, 0) is 6.42 Å². The quantitative estimate of drug-likeness (QED) is 0.790. The van der Waals surface area contributed by atoms with Crippen LogP contribution in [-0.4, -0.2) is 41.6 Å². The van der Waals surface area contributed by atoms with Gasteiger partial charge in [-0.05, 0) is 52.0 Å². The first kappa shape index (κ1) is 15.9. The fourth-order valence-electron chi connectivity index (χ4n) is 2.81. The molecule has 0 aliphatic carbocycles. The van der Waals surface area contributed by atoms with Crippen LogP contribution in [0.25, 0.3) is 0 Å². The summed E-state index contributed by atoms with van der Waals surface area (Å²) in [5, 5.41) is 3.44. The number of likely N-dealkylation sites (N-methyl/N-ethyl adjacent to an activating group) is 2. The molecule has 1 heterocycles. The normalized spacial score (nSPS) is 13.8. The molecule has 4 nitrogen and oxygen atoms in total. The van der Waals surface area contributed by atoms with E-state index in [0.717, 1.165) is 25.1 Å². The third-order valence-corrected chi connectivity index (χ3v) is 4.13. The first-order valence-electron chi connectivity index (χ1n) is 7.09. The molecule has 4 heteroatoms. The molecule has 0 aliphatic heterocycles. The summed E-state index contributed by atoms with van der Waals surface area (Å²) in [5.41, 5.74) is 7.14. The van der Waals surface area contributed by atoms with Crippen LogP contribution in [0.3, 0.4) is 0 Å². The van der Waals surface area contributed by atoms with E-state index in [1.807, 2.05) is 13.1 Å². The Hall–Kier alpha value is -1.13.